The van der Waals surface area contributed by atoms with Crippen LogP contribution in [0.5, 0.6) is 0 Å². The second-order valence-electron chi connectivity index (χ2n) is 4.27. The summed E-state index contributed by atoms with van der Waals surface area (Å²) in [5.41, 5.74) is 2.40. The summed E-state index contributed by atoms with van der Waals surface area (Å²) in [6, 6.07) is 0. The van der Waals surface area contributed by atoms with Gasteiger partial charge in [0.25, 0.3) is 0 Å². The highest BCUT2D eigenvalue weighted by atomic mass is 32.2. The van der Waals surface area contributed by atoms with E-state index in [4.69, 9.17) is 4.74 Å². The molecule has 0 radical (unpaired) electrons. The average Bonchev–Trinajstić information content (AvgIpc) is 2.59. The zero-order chi connectivity index (χ0) is 12.7. The Balaban J connectivity index is 2.59. The Morgan fingerprint density at radius 3 is 2.71 bits per heavy atom. The van der Waals surface area contributed by atoms with Gasteiger partial charge < -0.3 is 9.30 Å². The maximum Gasteiger partial charge on any atom is 0.168 e. The molecule has 0 aliphatic carbocycles. The van der Waals surface area contributed by atoms with Crippen molar-refractivity contribution in [2.24, 2.45) is 0 Å². The molecule has 0 aliphatic heterocycles. The molecule has 0 aliphatic rings. The van der Waals surface area contributed by atoms with Crippen LogP contribution in [0.3, 0.4) is 0 Å². The highest BCUT2D eigenvalue weighted by Gasteiger charge is 2.10. The Morgan fingerprint density at radius 1 is 1.29 bits per heavy atom. The van der Waals surface area contributed by atoms with Crippen molar-refractivity contribution in [3.05, 3.63) is 11.4 Å². The third kappa shape index (κ3) is 4.36. The molecule has 0 spiro atoms. The molecule has 17 heavy (non-hydrogen) atoms. The fourth-order valence-electron chi connectivity index (χ4n) is 1.70. The molecular formula is C13H24N2OS. The molecule has 0 saturated carbocycles. The van der Waals surface area contributed by atoms with Crippen LogP contribution in [0.2, 0.25) is 0 Å². The molecule has 3 nitrogen and oxygen atoms in total. The van der Waals surface area contributed by atoms with Crippen LogP contribution in [0.25, 0.3) is 0 Å². The first-order valence-corrected chi connectivity index (χ1v) is 7.34. The average molecular weight is 256 g/mol. The molecular weight excluding hydrogens is 232 g/mol. The molecule has 0 atom stereocenters. The minimum absolute atomic E-state index is 0.749. The zero-order valence-corrected chi connectivity index (χ0v) is 12.3. The summed E-state index contributed by atoms with van der Waals surface area (Å²) < 4.78 is 7.42. The van der Waals surface area contributed by atoms with Gasteiger partial charge >= 0.3 is 0 Å². The number of aryl methyl sites for hydroxylation is 1. The number of thioether (sulfide) groups is 1. The SMILES string of the molecule is CCCCCSc1nc(C)c(C)n1CCOC. The van der Waals surface area contributed by atoms with Gasteiger partial charge in [-0.1, -0.05) is 31.5 Å². The van der Waals surface area contributed by atoms with E-state index in [-0.39, 0.29) is 0 Å². The summed E-state index contributed by atoms with van der Waals surface area (Å²) in [6.07, 6.45) is 3.86. The summed E-state index contributed by atoms with van der Waals surface area (Å²) >= 11 is 1.87. The van der Waals surface area contributed by atoms with Gasteiger partial charge in [-0.15, -0.1) is 0 Å². The van der Waals surface area contributed by atoms with Gasteiger partial charge in [-0.25, -0.2) is 4.98 Å². The Morgan fingerprint density at radius 2 is 2.06 bits per heavy atom. The lowest BCUT2D eigenvalue weighted by atomic mass is 10.3. The van der Waals surface area contributed by atoms with E-state index in [1.165, 1.54) is 25.0 Å². The second-order valence-corrected chi connectivity index (χ2v) is 5.33. The lowest BCUT2D eigenvalue weighted by Crippen LogP contribution is -2.07. The van der Waals surface area contributed by atoms with Gasteiger partial charge in [-0.3, -0.25) is 0 Å². The van der Waals surface area contributed by atoms with Gasteiger partial charge in [0, 0.05) is 25.1 Å². The molecule has 0 N–H and O–H groups in total. The number of methoxy groups -OCH3 is 1. The smallest absolute Gasteiger partial charge is 0.168 e. The number of imidazole rings is 1. The van der Waals surface area contributed by atoms with E-state index in [1.54, 1.807) is 7.11 Å². The van der Waals surface area contributed by atoms with Crippen molar-refractivity contribution in [2.75, 3.05) is 19.5 Å². The summed E-state index contributed by atoms with van der Waals surface area (Å²) in [5.74, 6) is 1.16. The van der Waals surface area contributed by atoms with Crippen molar-refractivity contribution in [1.29, 1.82) is 0 Å². The first-order chi connectivity index (χ1) is 8.20. The standard InChI is InChI=1S/C13H24N2OS/c1-5-6-7-10-17-13-14-11(2)12(3)15(13)8-9-16-4/h5-10H2,1-4H3. The van der Waals surface area contributed by atoms with Crippen molar-refractivity contribution < 1.29 is 4.74 Å². The van der Waals surface area contributed by atoms with Crippen molar-refractivity contribution in [3.63, 3.8) is 0 Å². The number of ether oxygens (including phenoxy) is 1. The molecule has 1 rings (SSSR count). The first-order valence-electron chi connectivity index (χ1n) is 6.36. The normalized spacial score (nSPS) is 11.1. The molecule has 98 valence electrons. The minimum Gasteiger partial charge on any atom is -0.383 e. The molecule has 4 heteroatoms. The number of hydrogen-bond donors (Lipinski definition) is 0. The van der Waals surface area contributed by atoms with Crippen LogP contribution < -0.4 is 0 Å². The van der Waals surface area contributed by atoms with E-state index in [2.05, 4.69) is 30.3 Å². The highest BCUT2D eigenvalue weighted by Crippen LogP contribution is 2.22. The molecule has 0 saturated heterocycles. The third-order valence-electron chi connectivity index (χ3n) is 2.92. The largest absolute Gasteiger partial charge is 0.383 e. The van der Waals surface area contributed by atoms with E-state index < -0.39 is 0 Å². The van der Waals surface area contributed by atoms with Crippen LogP contribution >= 0.6 is 11.8 Å². The van der Waals surface area contributed by atoms with Crippen LogP contribution in [0.1, 0.15) is 37.6 Å². The predicted molar refractivity (Wildman–Crippen MR) is 73.8 cm³/mol. The maximum absolute atomic E-state index is 5.15. The Hall–Kier alpha value is -0.480. The fraction of sp³-hybridized carbons (Fsp3) is 0.769. The Kier molecular flexibility index (Phi) is 6.66. The quantitative estimate of drug-likeness (QED) is 0.527. The number of hydrogen-bond acceptors (Lipinski definition) is 3. The number of unbranched alkanes of at least 4 members (excludes halogenated alkanes) is 2. The van der Waals surface area contributed by atoms with E-state index in [9.17, 15) is 0 Å². The second kappa shape index (κ2) is 7.77. The lowest BCUT2D eigenvalue weighted by molar-refractivity contribution is 0.184. The van der Waals surface area contributed by atoms with Crippen molar-refractivity contribution in [2.45, 2.75) is 51.7 Å². The predicted octanol–water partition coefficient (Wildman–Crippen LogP) is 3.43. The summed E-state index contributed by atoms with van der Waals surface area (Å²) in [6.45, 7) is 8.10. The van der Waals surface area contributed by atoms with Gasteiger partial charge in [-0.05, 0) is 20.3 Å². The monoisotopic (exact) mass is 256 g/mol. The van der Waals surface area contributed by atoms with Crippen LogP contribution in [0.15, 0.2) is 5.16 Å². The summed E-state index contributed by atoms with van der Waals surface area (Å²) in [5, 5.41) is 1.15. The van der Waals surface area contributed by atoms with E-state index in [0.717, 1.165) is 29.8 Å². The van der Waals surface area contributed by atoms with E-state index in [1.807, 2.05) is 11.8 Å². The summed E-state index contributed by atoms with van der Waals surface area (Å²) in [7, 11) is 1.74. The number of rotatable bonds is 8. The van der Waals surface area contributed by atoms with Gasteiger partial charge in [0.2, 0.25) is 0 Å². The highest BCUT2D eigenvalue weighted by molar-refractivity contribution is 7.99. The topological polar surface area (TPSA) is 27.1 Å². The van der Waals surface area contributed by atoms with Gasteiger partial charge in [0.1, 0.15) is 0 Å². The van der Waals surface area contributed by atoms with E-state index in [0.29, 0.717) is 0 Å². The Labute approximate surface area is 109 Å². The molecule has 0 bridgehead atoms. The maximum atomic E-state index is 5.15. The minimum atomic E-state index is 0.749. The number of nitrogens with zero attached hydrogens (tertiary/aromatic N) is 2. The zero-order valence-electron chi connectivity index (χ0n) is 11.5. The van der Waals surface area contributed by atoms with Crippen molar-refractivity contribution in [1.82, 2.24) is 9.55 Å². The van der Waals surface area contributed by atoms with Crippen molar-refractivity contribution in [3.8, 4) is 0 Å². The van der Waals surface area contributed by atoms with Crippen LogP contribution in [-0.4, -0.2) is 29.0 Å². The van der Waals surface area contributed by atoms with Gasteiger partial charge in [0.15, 0.2) is 5.16 Å². The van der Waals surface area contributed by atoms with E-state index >= 15 is 0 Å². The van der Waals surface area contributed by atoms with Gasteiger partial charge in [-0.2, -0.15) is 0 Å². The molecule has 0 aromatic carbocycles. The van der Waals surface area contributed by atoms with Crippen LogP contribution in [-0.2, 0) is 11.3 Å². The fourth-order valence-corrected chi connectivity index (χ4v) is 2.81. The van der Waals surface area contributed by atoms with Crippen molar-refractivity contribution >= 4 is 11.8 Å². The molecule has 1 heterocycles. The third-order valence-corrected chi connectivity index (χ3v) is 3.98. The molecule has 0 amide bonds. The van der Waals surface area contributed by atoms with Crippen LogP contribution in [0.4, 0.5) is 0 Å². The lowest BCUT2D eigenvalue weighted by Gasteiger charge is -2.08. The molecule has 0 unspecified atom stereocenters. The number of aromatic nitrogens is 2. The molecule has 1 aromatic heterocycles. The van der Waals surface area contributed by atoms with Gasteiger partial charge in [0.05, 0.1) is 12.3 Å². The van der Waals surface area contributed by atoms with Crippen LogP contribution in [0, 0.1) is 13.8 Å². The molecule has 1 aromatic rings. The summed E-state index contributed by atoms with van der Waals surface area (Å²) in [4.78, 5) is 4.63. The Bertz CT molecular complexity index is 336. The molecule has 0 fully saturated rings. The first kappa shape index (κ1) is 14.6.